The molecule has 0 aliphatic carbocycles. The summed E-state index contributed by atoms with van der Waals surface area (Å²) in [4.78, 5) is 72.7. The molecular weight excluding hydrogens is 1250 g/mol. The predicted molar refractivity (Wildman–Crippen MR) is 386 cm³/mol. The second kappa shape index (κ2) is 67.9. The van der Waals surface area contributed by atoms with Crippen LogP contribution in [0, 0.1) is 11.8 Å². The molecule has 0 bridgehead atoms. The van der Waals surface area contributed by atoms with Gasteiger partial charge in [-0.15, -0.1) is 0 Å². The molecule has 0 aliphatic heterocycles. The third-order valence-electron chi connectivity index (χ3n) is 18.1. The lowest BCUT2D eigenvalue weighted by Crippen LogP contribution is -2.30. The van der Waals surface area contributed by atoms with Crippen molar-refractivity contribution >= 4 is 39.5 Å². The number of hydrogen-bond acceptors (Lipinski definition) is 15. The topological polar surface area (TPSA) is 237 Å². The molecule has 3 N–H and O–H groups in total. The Balaban J connectivity index is 5.22. The standard InChI is InChI=1S/C76H148O17P2/c1-7-10-12-14-16-18-34-40-46-52-58-73(78)86-64-71(92-75(80)60-54-48-42-35-19-17-15-13-11-8-2)66-90-94(82,83)88-62-70(77)63-89-95(84,85)91-67-72(65-87-74(79)59-53-47-41-36-30-26-22-20-24-28-32-38-44-50-56-68(4)5)93-76(81)61-55-49-43-37-31-27-23-21-25-29-33-39-45-51-57-69(6)9-3/h68-72,77H,7-67H2,1-6H3,(H,82,83)(H,84,85)/t69?,70-,71+,72+/m0/s1. The average molecular weight is 1400 g/mol. The molecule has 564 valence electrons. The van der Waals surface area contributed by atoms with Crippen molar-refractivity contribution < 1.29 is 80.2 Å². The number of rotatable bonds is 75. The van der Waals surface area contributed by atoms with Crippen molar-refractivity contribution in [1.82, 2.24) is 0 Å². The Labute approximate surface area is 581 Å². The van der Waals surface area contributed by atoms with Crippen LogP contribution < -0.4 is 0 Å². The van der Waals surface area contributed by atoms with Crippen LogP contribution in [-0.4, -0.2) is 96.7 Å². The van der Waals surface area contributed by atoms with E-state index in [1.807, 2.05) is 0 Å². The van der Waals surface area contributed by atoms with Crippen LogP contribution >= 0.6 is 15.6 Å². The van der Waals surface area contributed by atoms with Gasteiger partial charge in [-0.2, -0.15) is 0 Å². The maximum Gasteiger partial charge on any atom is 0.472 e. The van der Waals surface area contributed by atoms with Crippen LogP contribution in [0.5, 0.6) is 0 Å². The van der Waals surface area contributed by atoms with Crippen LogP contribution in [0.1, 0.15) is 395 Å². The molecule has 0 aromatic carbocycles. The van der Waals surface area contributed by atoms with Crippen molar-refractivity contribution in [2.24, 2.45) is 11.8 Å². The zero-order valence-corrected chi connectivity index (χ0v) is 63.8. The van der Waals surface area contributed by atoms with Crippen LogP contribution in [0.3, 0.4) is 0 Å². The van der Waals surface area contributed by atoms with Crippen LogP contribution in [-0.2, 0) is 65.4 Å². The fourth-order valence-corrected chi connectivity index (χ4v) is 13.2. The summed E-state index contributed by atoms with van der Waals surface area (Å²) in [6.07, 6.45) is 55.3. The summed E-state index contributed by atoms with van der Waals surface area (Å²) < 4.78 is 68.5. The lowest BCUT2D eigenvalue weighted by molar-refractivity contribution is -0.161. The van der Waals surface area contributed by atoms with Crippen molar-refractivity contribution in [3.8, 4) is 0 Å². The molecule has 19 heteroatoms. The van der Waals surface area contributed by atoms with Gasteiger partial charge in [0.2, 0.25) is 0 Å². The largest absolute Gasteiger partial charge is 0.472 e. The lowest BCUT2D eigenvalue weighted by Gasteiger charge is -2.21. The third kappa shape index (κ3) is 69.0. The van der Waals surface area contributed by atoms with E-state index >= 15 is 0 Å². The lowest BCUT2D eigenvalue weighted by atomic mass is 9.99. The molecule has 0 saturated heterocycles. The van der Waals surface area contributed by atoms with Crippen molar-refractivity contribution in [3.05, 3.63) is 0 Å². The van der Waals surface area contributed by atoms with E-state index in [2.05, 4.69) is 41.5 Å². The van der Waals surface area contributed by atoms with Gasteiger partial charge < -0.3 is 33.8 Å². The van der Waals surface area contributed by atoms with E-state index in [0.29, 0.717) is 25.7 Å². The molecule has 0 fully saturated rings. The number of ether oxygens (including phenoxy) is 4. The van der Waals surface area contributed by atoms with Gasteiger partial charge in [0.1, 0.15) is 19.3 Å². The quantitative estimate of drug-likeness (QED) is 0.0222. The van der Waals surface area contributed by atoms with Crippen molar-refractivity contribution in [1.29, 1.82) is 0 Å². The van der Waals surface area contributed by atoms with Crippen LogP contribution in [0.4, 0.5) is 0 Å². The first-order chi connectivity index (χ1) is 45.9. The summed E-state index contributed by atoms with van der Waals surface area (Å²) in [7, 11) is -9.91. The highest BCUT2D eigenvalue weighted by atomic mass is 31.2. The molecule has 95 heavy (non-hydrogen) atoms. The van der Waals surface area contributed by atoms with Gasteiger partial charge in [-0.1, -0.05) is 343 Å². The highest BCUT2D eigenvalue weighted by molar-refractivity contribution is 7.47. The maximum absolute atomic E-state index is 13.1. The summed E-state index contributed by atoms with van der Waals surface area (Å²) in [5, 5.41) is 10.6. The van der Waals surface area contributed by atoms with E-state index in [1.54, 1.807) is 0 Å². The second-order valence-corrected chi connectivity index (χ2v) is 31.0. The first kappa shape index (κ1) is 93.1. The Morgan fingerprint density at radius 2 is 0.537 bits per heavy atom. The number of phosphoric acid groups is 2. The smallest absolute Gasteiger partial charge is 0.462 e. The number of hydrogen-bond donors (Lipinski definition) is 3. The molecule has 3 unspecified atom stereocenters. The summed E-state index contributed by atoms with van der Waals surface area (Å²) in [5.41, 5.74) is 0. The minimum Gasteiger partial charge on any atom is -0.462 e. The first-order valence-electron chi connectivity index (χ1n) is 39.5. The van der Waals surface area contributed by atoms with E-state index in [4.69, 9.17) is 37.0 Å². The minimum absolute atomic E-state index is 0.107. The molecule has 0 heterocycles. The van der Waals surface area contributed by atoms with E-state index in [9.17, 15) is 43.2 Å². The Bertz CT molecular complexity index is 1840. The monoisotopic (exact) mass is 1400 g/mol. The molecule has 0 radical (unpaired) electrons. The van der Waals surface area contributed by atoms with Gasteiger partial charge in [0.25, 0.3) is 0 Å². The van der Waals surface area contributed by atoms with Gasteiger partial charge in [0.15, 0.2) is 12.2 Å². The Kier molecular flexibility index (Phi) is 66.5. The number of unbranched alkanes of at least 4 members (excludes halogenated alkanes) is 44. The number of phosphoric ester groups is 2. The molecule has 0 spiro atoms. The molecule has 17 nitrogen and oxygen atoms in total. The minimum atomic E-state index is -4.96. The fraction of sp³-hybridized carbons (Fsp3) is 0.947. The highest BCUT2D eigenvalue weighted by Crippen LogP contribution is 2.45. The summed E-state index contributed by atoms with van der Waals surface area (Å²) >= 11 is 0. The summed E-state index contributed by atoms with van der Waals surface area (Å²) in [6.45, 7) is 9.66. The second-order valence-electron chi connectivity index (χ2n) is 28.1. The van der Waals surface area contributed by atoms with Gasteiger partial charge in [0, 0.05) is 25.7 Å². The van der Waals surface area contributed by atoms with E-state index in [1.165, 1.54) is 212 Å². The van der Waals surface area contributed by atoms with E-state index < -0.39 is 97.5 Å². The van der Waals surface area contributed by atoms with E-state index in [-0.39, 0.29) is 25.7 Å². The Hall–Kier alpha value is -1.94. The maximum atomic E-state index is 13.1. The van der Waals surface area contributed by atoms with Crippen LogP contribution in [0.15, 0.2) is 0 Å². The molecular formula is C76H148O17P2. The van der Waals surface area contributed by atoms with Crippen molar-refractivity contribution in [3.63, 3.8) is 0 Å². The van der Waals surface area contributed by atoms with Gasteiger partial charge in [-0.25, -0.2) is 9.13 Å². The molecule has 0 aliphatic rings. The zero-order chi connectivity index (χ0) is 70.0. The molecule has 0 aromatic heterocycles. The SMILES string of the molecule is CCCCCCCCCCCCC(=O)OC[C@H](COP(=O)(O)OC[C@H](O)COP(=O)(O)OC[C@@H](COC(=O)CCCCCCCCCCCCCCCCC(C)C)OC(=O)CCCCCCCCCCCCCCCCC(C)CC)OC(=O)CCCCCCCCCCCC. The average Bonchev–Trinajstić information content (AvgIpc) is 1.41. The Morgan fingerprint density at radius 1 is 0.305 bits per heavy atom. The molecule has 0 rings (SSSR count). The van der Waals surface area contributed by atoms with Gasteiger partial charge in [-0.3, -0.25) is 37.3 Å². The molecule has 0 aromatic rings. The Morgan fingerprint density at radius 3 is 0.800 bits per heavy atom. The van der Waals surface area contributed by atoms with Crippen LogP contribution in [0.2, 0.25) is 0 Å². The van der Waals surface area contributed by atoms with Gasteiger partial charge >= 0.3 is 39.5 Å². The van der Waals surface area contributed by atoms with Gasteiger partial charge in [0.05, 0.1) is 26.4 Å². The number of carbonyl (C=O) groups excluding carboxylic acids is 4. The number of esters is 4. The summed E-state index contributed by atoms with van der Waals surface area (Å²) in [6, 6.07) is 0. The normalized spacial score (nSPS) is 14.3. The number of aliphatic hydroxyl groups excluding tert-OH is 1. The molecule has 0 saturated carbocycles. The van der Waals surface area contributed by atoms with Gasteiger partial charge in [-0.05, 0) is 37.5 Å². The first-order valence-corrected chi connectivity index (χ1v) is 42.5. The molecule has 6 atom stereocenters. The van der Waals surface area contributed by atoms with E-state index in [0.717, 1.165) is 102 Å². The predicted octanol–water partition coefficient (Wildman–Crippen LogP) is 22.3. The van der Waals surface area contributed by atoms with Crippen molar-refractivity contribution in [2.75, 3.05) is 39.6 Å². The highest BCUT2D eigenvalue weighted by Gasteiger charge is 2.30. The fourth-order valence-electron chi connectivity index (χ4n) is 11.6. The zero-order valence-electron chi connectivity index (χ0n) is 62.0. The third-order valence-corrected chi connectivity index (χ3v) is 20.0. The number of carbonyl (C=O) groups is 4. The molecule has 0 amide bonds. The van der Waals surface area contributed by atoms with Crippen LogP contribution in [0.25, 0.3) is 0 Å². The summed E-state index contributed by atoms with van der Waals surface area (Å²) in [5.74, 6) is -0.470. The van der Waals surface area contributed by atoms with Crippen molar-refractivity contribution in [2.45, 2.75) is 413 Å². The number of aliphatic hydroxyl groups is 1.